The number of anilines is 6. The quantitative estimate of drug-likeness (QED) is 0.126. The topological polar surface area (TPSA) is 75.9 Å². The van der Waals surface area contributed by atoms with Crippen LogP contribution in [-0.2, 0) is 0 Å². The van der Waals surface area contributed by atoms with Gasteiger partial charge in [-0.1, -0.05) is 237 Å². The third-order valence-corrected chi connectivity index (χ3v) is 20.1. The molecule has 0 spiro atoms. The molecule has 0 aliphatic carbocycles. The maximum absolute atomic E-state index is 5.73. The van der Waals surface area contributed by atoms with Crippen LogP contribution in [0.4, 0.5) is 34.1 Å². The molecule has 6 heterocycles. The van der Waals surface area contributed by atoms with Crippen molar-refractivity contribution in [1.82, 2.24) is 29.5 Å². The molecule has 0 fully saturated rings. The third-order valence-electron chi connectivity index (χ3n) is 18.9. The summed E-state index contributed by atoms with van der Waals surface area (Å²) in [5.41, 5.74) is 22.9. The molecule has 10 heteroatoms. The first-order valence-corrected chi connectivity index (χ1v) is 32.9. The van der Waals surface area contributed by atoms with Crippen molar-refractivity contribution in [2.75, 3.05) is 9.80 Å². The van der Waals surface area contributed by atoms with Crippen LogP contribution in [0.15, 0.2) is 322 Å². The number of aromatic nitrogens is 6. The van der Waals surface area contributed by atoms with E-state index in [0.717, 1.165) is 101 Å². The molecule has 19 rings (SSSR count). The van der Waals surface area contributed by atoms with Crippen LogP contribution in [-0.4, -0.2) is 36.2 Å². The van der Waals surface area contributed by atoms with Crippen molar-refractivity contribution in [3.63, 3.8) is 0 Å². The Morgan fingerprint density at radius 1 is 0.295 bits per heavy atom. The minimum Gasteiger partial charge on any atom is -0.311 e. The molecule has 0 radical (unpaired) electrons. The molecule has 0 N–H and O–H groups in total. The zero-order valence-corrected chi connectivity index (χ0v) is 52.0. The Balaban J connectivity index is 0.826. The van der Waals surface area contributed by atoms with Gasteiger partial charge < -0.3 is 14.4 Å². The Labute approximate surface area is 552 Å². The summed E-state index contributed by atoms with van der Waals surface area (Å²) in [5.74, 6) is 2.26. The highest BCUT2D eigenvalue weighted by Crippen LogP contribution is 2.49. The van der Waals surface area contributed by atoms with Crippen molar-refractivity contribution in [3.05, 3.63) is 322 Å². The Bertz CT molecular complexity index is 5790. The molecule has 0 saturated heterocycles. The van der Waals surface area contributed by atoms with Gasteiger partial charge in [-0.2, -0.15) is 0 Å². The fraction of sp³-hybridized carbons (Fsp3) is 0. The number of hydrogen-bond donors (Lipinski definition) is 0. The van der Waals surface area contributed by atoms with Gasteiger partial charge >= 0.3 is 0 Å². The average molecular weight is 1230 g/mol. The van der Waals surface area contributed by atoms with Crippen LogP contribution in [0.3, 0.4) is 0 Å². The largest absolute Gasteiger partial charge is 0.311 e. The standard InChI is InChI=1S/C85H53BN8S/c1-6-24-55(25-7-1)69-53-70(56-44-42-54(43-45-56)62-47-51-76-79-80(62)93(61-32-14-5-15-33-61)74-40-22-19-37-68(74)86(79)67-36-18-21-39-73(67)92(76)60-30-12-4-13-31-60)88-85(87-69)66-52-59(84-90-82(57-26-8-2-9-27-57)89-83(91-84)58-28-10-3-11-29-58)46-49-72(66)94-71-38-20-16-35-65(71)78-75(94)50-48-64-63-34-17-23-41-77(63)95-81(64)78/h1-53H. The van der Waals surface area contributed by atoms with Gasteiger partial charge in [-0.3, -0.25) is 0 Å². The van der Waals surface area contributed by atoms with E-state index in [4.69, 9.17) is 24.9 Å². The Morgan fingerprint density at radius 3 is 1.44 bits per heavy atom. The number of benzene rings is 13. The third kappa shape index (κ3) is 8.94. The lowest BCUT2D eigenvalue weighted by Gasteiger charge is -2.45. The second-order valence-electron chi connectivity index (χ2n) is 24.2. The molecular weight excluding hydrogens is 1180 g/mol. The number of nitrogens with zero attached hydrogens (tertiary/aromatic N) is 8. The molecule has 4 aromatic heterocycles. The molecule has 95 heavy (non-hydrogen) atoms. The normalized spacial score (nSPS) is 12.4. The number of rotatable bonds is 10. The fourth-order valence-corrected chi connectivity index (χ4v) is 15.9. The first-order chi connectivity index (χ1) is 47.1. The van der Waals surface area contributed by atoms with Crippen LogP contribution in [0.5, 0.6) is 0 Å². The van der Waals surface area contributed by atoms with E-state index >= 15 is 0 Å². The molecule has 0 unspecified atom stereocenters. The van der Waals surface area contributed by atoms with E-state index in [1.807, 2.05) is 72.0 Å². The van der Waals surface area contributed by atoms with Gasteiger partial charge in [0.1, 0.15) is 0 Å². The van der Waals surface area contributed by atoms with Crippen molar-refractivity contribution in [2.45, 2.75) is 0 Å². The molecule has 0 saturated carbocycles. The van der Waals surface area contributed by atoms with Gasteiger partial charge in [-0.25, -0.2) is 24.9 Å². The van der Waals surface area contributed by atoms with Gasteiger partial charge in [0.2, 0.25) is 0 Å². The number of hydrogen-bond acceptors (Lipinski definition) is 8. The summed E-state index contributed by atoms with van der Waals surface area (Å²) in [6, 6.07) is 115. The van der Waals surface area contributed by atoms with Crippen LogP contribution in [0.2, 0.25) is 0 Å². The fourth-order valence-electron chi connectivity index (χ4n) is 14.6. The smallest absolute Gasteiger partial charge is 0.252 e. The van der Waals surface area contributed by atoms with Gasteiger partial charge in [0, 0.05) is 98.3 Å². The molecule has 8 nitrogen and oxygen atoms in total. The second-order valence-corrected chi connectivity index (χ2v) is 25.3. The first-order valence-electron chi connectivity index (χ1n) is 32.1. The van der Waals surface area contributed by atoms with E-state index in [1.54, 1.807) is 0 Å². The van der Waals surface area contributed by atoms with Gasteiger partial charge in [0.25, 0.3) is 6.71 Å². The van der Waals surface area contributed by atoms with Crippen molar-refractivity contribution in [2.24, 2.45) is 0 Å². The zero-order chi connectivity index (χ0) is 62.5. The van der Waals surface area contributed by atoms with E-state index in [9.17, 15) is 0 Å². The number of fused-ring (bicyclic) bond motifs is 11. The van der Waals surface area contributed by atoms with Gasteiger partial charge in [0.15, 0.2) is 23.3 Å². The van der Waals surface area contributed by atoms with Crippen molar-refractivity contribution >= 4 is 111 Å². The van der Waals surface area contributed by atoms with Gasteiger partial charge in [-0.15, -0.1) is 11.3 Å². The summed E-state index contributed by atoms with van der Waals surface area (Å²) < 4.78 is 4.93. The highest BCUT2D eigenvalue weighted by atomic mass is 32.1. The summed E-state index contributed by atoms with van der Waals surface area (Å²) in [5, 5.41) is 4.89. The van der Waals surface area contributed by atoms with Crippen LogP contribution in [0, 0.1) is 0 Å². The van der Waals surface area contributed by atoms with E-state index in [-0.39, 0.29) is 6.71 Å². The lowest BCUT2D eigenvalue weighted by Crippen LogP contribution is -2.61. The minimum atomic E-state index is -0.0212. The average Bonchev–Trinajstić information content (AvgIpc) is 1.27. The maximum Gasteiger partial charge on any atom is 0.252 e. The molecule has 0 atom stereocenters. The summed E-state index contributed by atoms with van der Waals surface area (Å²) in [6.07, 6.45) is 0. The number of thiophene rings is 1. The second kappa shape index (κ2) is 22.2. The lowest BCUT2D eigenvalue weighted by molar-refractivity contribution is 1.07. The lowest BCUT2D eigenvalue weighted by atomic mass is 9.33. The summed E-state index contributed by atoms with van der Waals surface area (Å²) >= 11 is 1.85. The SMILES string of the molecule is c1ccc(-c2cc(-c3ccc(-c4ccc5c6c4N(c4ccccc4)c4ccccc4B6c4ccccc4N5c4ccccc4)cc3)nc(-c3cc(-c4nc(-c5ccccc5)nc(-c5ccccc5)n4)ccc3-n3c4ccccc4c4c5sc6ccccc6c5ccc43)n2)cc1. The van der Waals surface area contributed by atoms with E-state index in [2.05, 4.69) is 275 Å². The zero-order valence-electron chi connectivity index (χ0n) is 51.2. The van der Waals surface area contributed by atoms with Crippen LogP contribution in [0.1, 0.15) is 0 Å². The Morgan fingerprint density at radius 2 is 0.789 bits per heavy atom. The first kappa shape index (κ1) is 54.4. The summed E-state index contributed by atoms with van der Waals surface area (Å²) in [4.78, 5) is 31.9. The monoisotopic (exact) mass is 1230 g/mol. The minimum absolute atomic E-state index is 0.0212. The molecule has 0 amide bonds. The van der Waals surface area contributed by atoms with Gasteiger partial charge in [0.05, 0.1) is 33.8 Å². The van der Waals surface area contributed by atoms with Crippen LogP contribution >= 0.6 is 11.3 Å². The van der Waals surface area contributed by atoms with Crippen molar-refractivity contribution < 1.29 is 0 Å². The molecule has 2 aliphatic rings. The predicted molar refractivity (Wildman–Crippen MR) is 395 cm³/mol. The molecule has 17 aromatic rings. The van der Waals surface area contributed by atoms with Crippen molar-refractivity contribution in [1.29, 1.82) is 0 Å². The van der Waals surface area contributed by atoms with Crippen LogP contribution in [0.25, 0.3) is 127 Å². The maximum atomic E-state index is 5.73. The van der Waals surface area contributed by atoms with Crippen molar-refractivity contribution in [3.8, 4) is 84.9 Å². The Kier molecular flexibility index (Phi) is 12.7. The highest BCUT2D eigenvalue weighted by molar-refractivity contribution is 7.26. The molecule has 13 aromatic carbocycles. The number of para-hydroxylation sites is 5. The molecule has 0 bridgehead atoms. The highest BCUT2D eigenvalue weighted by Gasteiger charge is 2.44. The Hall–Kier alpha value is -12.4. The predicted octanol–water partition coefficient (Wildman–Crippen LogP) is 19.9. The van der Waals surface area contributed by atoms with E-state index in [1.165, 1.54) is 53.0 Å². The van der Waals surface area contributed by atoms with E-state index < -0.39 is 0 Å². The van der Waals surface area contributed by atoms with Crippen LogP contribution < -0.4 is 26.2 Å². The van der Waals surface area contributed by atoms with E-state index in [0.29, 0.717) is 23.3 Å². The molecule has 442 valence electrons. The summed E-state index contributed by atoms with van der Waals surface area (Å²) in [6.45, 7) is -0.0212. The van der Waals surface area contributed by atoms with Gasteiger partial charge in [-0.05, 0) is 107 Å². The molecule has 2 aliphatic heterocycles. The summed E-state index contributed by atoms with van der Waals surface area (Å²) in [7, 11) is 0. The molecular formula is C85H53BN8S.